The number of anilines is 1. The molecule has 158 valence electrons. The first-order valence-corrected chi connectivity index (χ1v) is 11.6. The Kier molecular flexibility index (Phi) is 5.56. The summed E-state index contributed by atoms with van der Waals surface area (Å²) in [7, 11) is 0. The molecule has 2 aromatic rings. The van der Waals surface area contributed by atoms with Crippen LogP contribution in [0.15, 0.2) is 47.6 Å². The number of nitrogens with zero attached hydrogens (tertiary/aromatic N) is 4. The molecule has 3 atom stereocenters. The summed E-state index contributed by atoms with van der Waals surface area (Å²) < 4.78 is 11.7. The number of rotatable bonds is 5. The van der Waals surface area contributed by atoms with Crippen LogP contribution in [0.3, 0.4) is 0 Å². The minimum Gasteiger partial charge on any atom is -0.493 e. The molecule has 3 aliphatic heterocycles. The Hall–Kier alpha value is -2.25. The van der Waals surface area contributed by atoms with Crippen LogP contribution in [0.4, 0.5) is 5.69 Å². The number of pyridine rings is 1. The van der Waals surface area contributed by atoms with Gasteiger partial charge in [-0.05, 0) is 25.1 Å². The molecule has 0 aliphatic carbocycles. The van der Waals surface area contributed by atoms with Gasteiger partial charge >= 0.3 is 0 Å². The predicted molar refractivity (Wildman–Crippen MR) is 122 cm³/mol. The fourth-order valence-corrected chi connectivity index (χ4v) is 5.61. The predicted octanol–water partition coefficient (Wildman–Crippen LogP) is 3.91. The third-order valence-electron chi connectivity index (χ3n) is 5.87. The second kappa shape index (κ2) is 8.47. The molecule has 0 bridgehead atoms. The molecule has 0 saturated carbocycles. The van der Waals surface area contributed by atoms with Crippen LogP contribution in [-0.4, -0.2) is 59.8 Å². The van der Waals surface area contributed by atoms with E-state index in [0.29, 0.717) is 11.9 Å². The molecule has 5 rings (SSSR count). The Morgan fingerprint density at radius 2 is 2.07 bits per heavy atom. The van der Waals surface area contributed by atoms with Gasteiger partial charge in [-0.25, -0.2) is 0 Å². The van der Waals surface area contributed by atoms with E-state index in [-0.39, 0.29) is 12.1 Å². The van der Waals surface area contributed by atoms with Crippen LogP contribution in [0, 0.1) is 0 Å². The van der Waals surface area contributed by atoms with E-state index in [0.717, 1.165) is 49.5 Å². The first-order valence-electron chi connectivity index (χ1n) is 10.8. The summed E-state index contributed by atoms with van der Waals surface area (Å²) in [6.45, 7) is 9.33. The molecule has 2 fully saturated rings. The van der Waals surface area contributed by atoms with Gasteiger partial charge in [0.1, 0.15) is 11.8 Å². The smallest absolute Gasteiger partial charge is 0.160 e. The number of fused-ring (bicyclic) bond motifs is 1. The van der Waals surface area contributed by atoms with Gasteiger partial charge in [-0.1, -0.05) is 30.8 Å². The first kappa shape index (κ1) is 19.7. The van der Waals surface area contributed by atoms with Gasteiger partial charge in [0.2, 0.25) is 0 Å². The van der Waals surface area contributed by atoms with Crippen LogP contribution in [0.1, 0.15) is 37.2 Å². The van der Waals surface area contributed by atoms with Crippen LogP contribution in [0.25, 0.3) is 0 Å². The lowest BCUT2D eigenvalue weighted by Gasteiger charge is -2.32. The summed E-state index contributed by atoms with van der Waals surface area (Å²) in [5, 5.41) is 1.67. The summed E-state index contributed by atoms with van der Waals surface area (Å²) in [4.78, 5) is 14.6. The van der Waals surface area contributed by atoms with Crippen LogP contribution in [-0.2, 0) is 4.74 Å². The topological polar surface area (TPSA) is 50.2 Å². The summed E-state index contributed by atoms with van der Waals surface area (Å²) in [6, 6.07) is 12.8. The van der Waals surface area contributed by atoms with E-state index < -0.39 is 0 Å². The average Bonchev–Trinajstić information content (AvgIpc) is 3.31. The van der Waals surface area contributed by atoms with Crippen molar-refractivity contribution in [1.82, 2.24) is 9.88 Å². The van der Waals surface area contributed by atoms with E-state index in [1.807, 2.05) is 37.0 Å². The zero-order valence-corrected chi connectivity index (χ0v) is 18.3. The normalized spacial score (nSPS) is 25.9. The number of benzene rings is 1. The summed E-state index contributed by atoms with van der Waals surface area (Å²) in [5.74, 6) is 0.952. The van der Waals surface area contributed by atoms with E-state index in [9.17, 15) is 0 Å². The fourth-order valence-electron chi connectivity index (χ4n) is 4.52. The van der Waals surface area contributed by atoms with Gasteiger partial charge in [0.25, 0.3) is 0 Å². The molecule has 30 heavy (non-hydrogen) atoms. The Labute approximate surface area is 182 Å². The van der Waals surface area contributed by atoms with Crippen molar-refractivity contribution < 1.29 is 9.47 Å². The number of amidine groups is 1. The van der Waals surface area contributed by atoms with Crippen molar-refractivity contribution in [1.29, 1.82) is 0 Å². The van der Waals surface area contributed by atoms with Gasteiger partial charge in [-0.2, -0.15) is 0 Å². The van der Waals surface area contributed by atoms with Crippen LogP contribution in [0.2, 0.25) is 0 Å². The summed E-state index contributed by atoms with van der Waals surface area (Å²) in [5.41, 5.74) is 3.40. The Morgan fingerprint density at radius 3 is 2.83 bits per heavy atom. The molecular weight excluding hydrogens is 396 g/mol. The fraction of sp³-hybridized carbons (Fsp3) is 0.478. The van der Waals surface area contributed by atoms with E-state index in [1.54, 1.807) is 0 Å². The highest BCUT2D eigenvalue weighted by Crippen LogP contribution is 2.50. The largest absolute Gasteiger partial charge is 0.493 e. The Morgan fingerprint density at radius 1 is 1.20 bits per heavy atom. The highest BCUT2D eigenvalue weighted by molar-refractivity contribution is 8.14. The quantitative estimate of drug-likeness (QED) is 0.726. The van der Waals surface area contributed by atoms with E-state index in [2.05, 4.69) is 46.0 Å². The lowest BCUT2D eigenvalue weighted by Crippen LogP contribution is -2.36. The van der Waals surface area contributed by atoms with Crippen molar-refractivity contribution >= 4 is 22.6 Å². The van der Waals surface area contributed by atoms with Crippen molar-refractivity contribution in [3.63, 3.8) is 0 Å². The zero-order chi connectivity index (χ0) is 20.5. The number of thioether (sulfide) groups is 1. The molecule has 0 spiro atoms. The number of hydrogen-bond acceptors (Lipinski definition) is 7. The molecule has 7 heteroatoms. The van der Waals surface area contributed by atoms with E-state index in [1.165, 1.54) is 11.3 Å². The second-order valence-corrected chi connectivity index (χ2v) is 9.30. The minimum atomic E-state index is -0.0188. The maximum Gasteiger partial charge on any atom is 0.160 e. The maximum absolute atomic E-state index is 6.18. The van der Waals surface area contributed by atoms with Crippen LogP contribution in [0.5, 0.6) is 5.75 Å². The number of aromatic nitrogens is 1. The lowest BCUT2D eigenvalue weighted by atomic mass is 9.95. The third kappa shape index (κ3) is 3.65. The average molecular weight is 425 g/mol. The molecule has 3 aliphatic rings. The zero-order valence-electron chi connectivity index (χ0n) is 17.5. The van der Waals surface area contributed by atoms with Crippen molar-refractivity contribution in [2.24, 2.45) is 4.99 Å². The molecule has 0 N–H and O–H groups in total. The van der Waals surface area contributed by atoms with Crippen molar-refractivity contribution in [2.45, 2.75) is 31.2 Å². The van der Waals surface area contributed by atoms with Gasteiger partial charge in [-0.15, -0.1) is 0 Å². The molecule has 0 unspecified atom stereocenters. The standard InChI is InChI=1S/C23H28N4O2S/c1-3-29-20-14-17(26-10-12-28-13-11-26)7-8-18(20)22-21(19-6-4-5-9-24-19)25-23-27(22)15-16(2)30-23/h4-9,14,16,21-22H,3,10-13,15H2,1-2H3/t16-,21+,22-/m0/s1. The SMILES string of the molecule is CCOc1cc(N2CCOCC2)ccc1[C@H]1[C@@H](c2ccccn2)N=C2S[C@@H](C)CN21. The molecule has 0 radical (unpaired) electrons. The van der Waals surface area contributed by atoms with E-state index in [4.69, 9.17) is 14.5 Å². The molecule has 1 aromatic carbocycles. The van der Waals surface area contributed by atoms with Gasteiger partial charge in [0, 0.05) is 48.4 Å². The van der Waals surface area contributed by atoms with E-state index >= 15 is 0 Å². The maximum atomic E-state index is 6.18. The molecule has 0 amide bonds. The van der Waals surface area contributed by atoms with Crippen LogP contribution >= 0.6 is 11.8 Å². The molecule has 1 aromatic heterocycles. The van der Waals surface area contributed by atoms with Gasteiger partial charge < -0.3 is 19.3 Å². The number of ether oxygens (including phenoxy) is 2. The van der Waals surface area contributed by atoms with Crippen molar-refractivity contribution in [3.05, 3.63) is 53.9 Å². The lowest BCUT2D eigenvalue weighted by molar-refractivity contribution is 0.122. The molecule has 6 nitrogen and oxygen atoms in total. The molecule has 2 saturated heterocycles. The highest BCUT2D eigenvalue weighted by atomic mass is 32.2. The monoisotopic (exact) mass is 424 g/mol. The number of aliphatic imine (C=N–C) groups is 1. The van der Waals surface area contributed by atoms with Crippen LogP contribution < -0.4 is 9.64 Å². The Balaban J connectivity index is 1.54. The van der Waals surface area contributed by atoms with Gasteiger partial charge in [-0.3, -0.25) is 9.98 Å². The van der Waals surface area contributed by atoms with Crippen molar-refractivity contribution in [3.8, 4) is 5.75 Å². The van der Waals surface area contributed by atoms with Gasteiger partial charge in [0.15, 0.2) is 5.17 Å². The van der Waals surface area contributed by atoms with Crippen molar-refractivity contribution in [2.75, 3.05) is 44.4 Å². The molecule has 4 heterocycles. The third-order valence-corrected chi connectivity index (χ3v) is 6.98. The number of morpholine rings is 1. The minimum absolute atomic E-state index is 0.0188. The molecular formula is C23H28N4O2S. The first-order chi connectivity index (χ1) is 14.7. The highest BCUT2D eigenvalue weighted by Gasteiger charge is 2.44. The second-order valence-electron chi connectivity index (χ2n) is 7.89. The summed E-state index contributed by atoms with van der Waals surface area (Å²) >= 11 is 1.86. The summed E-state index contributed by atoms with van der Waals surface area (Å²) in [6.07, 6.45) is 1.86. The van der Waals surface area contributed by atoms with Gasteiger partial charge in [0.05, 0.1) is 31.6 Å². The number of hydrogen-bond donors (Lipinski definition) is 0. The Bertz CT molecular complexity index is 917.